The Labute approximate surface area is 122 Å². The Hall–Kier alpha value is -1.07. The molecule has 4 nitrogen and oxygen atoms in total. The number of furan rings is 1. The third-order valence-electron chi connectivity index (χ3n) is 3.04. The minimum atomic E-state index is 0.113. The molecule has 19 heavy (non-hydrogen) atoms. The van der Waals surface area contributed by atoms with Crippen LogP contribution in [0, 0.1) is 0 Å². The highest BCUT2D eigenvalue weighted by atomic mass is 79.9. The lowest BCUT2D eigenvalue weighted by Gasteiger charge is -2.19. The first-order valence-corrected chi connectivity index (χ1v) is 7.55. The third kappa shape index (κ3) is 3.28. The van der Waals surface area contributed by atoms with E-state index in [1.807, 2.05) is 12.3 Å². The Morgan fingerprint density at radius 3 is 2.84 bits per heavy atom. The van der Waals surface area contributed by atoms with Gasteiger partial charge in [-0.15, -0.1) is 0 Å². The van der Waals surface area contributed by atoms with Crippen LogP contribution < -0.4 is 5.32 Å². The summed E-state index contributed by atoms with van der Waals surface area (Å²) in [4.78, 5) is 0. The maximum absolute atomic E-state index is 5.37. The van der Waals surface area contributed by atoms with Crippen LogP contribution in [-0.2, 0) is 6.54 Å². The first-order chi connectivity index (χ1) is 9.27. The number of nitrogens with one attached hydrogen (secondary N) is 1. The molecule has 0 saturated carbocycles. The van der Waals surface area contributed by atoms with Gasteiger partial charge in [0.25, 0.3) is 0 Å². The zero-order valence-electron chi connectivity index (χ0n) is 11.4. The van der Waals surface area contributed by atoms with E-state index in [2.05, 4.69) is 50.9 Å². The number of hydrogen-bond acceptors (Lipinski definition) is 3. The second-order valence-electron chi connectivity index (χ2n) is 4.52. The SMILES string of the molecule is CCCNC(c1ccoc1Br)c1ccnn1CCC. The fourth-order valence-corrected chi connectivity index (χ4v) is 2.63. The number of rotatable bonds is 7. The van der Waals surface area contributed by atoms with Gasteiger partial charge in [0, 0.05) is 18.3 Å². The van der Waals surface area contributed by atoms with Gasteiger partial charge < -0.3 is 9.73 Å². The summed E-state index contributed by atoms with van der Waals surface area (Å²) in [6.45, 7) is 6.22. The summed E-state index contributed by atoms with van der Waals surface area (Å²) >= 11 is 3.47. The van der Waals surface area contributed by atoms with Crippen molar-refractivity contribution in [2.45, 2.75) is 39.3 Å². The van der Waals surface area contributed by atoms with Crippen molar-refractivity contribution in [3.05, 3.63) is 40.5 Å². The minimum absolute atomic E-state index is 0.113. The average Bonchev–Trinajstić information content (AvgIpc) is 3.01. The highest BCUT2D eigenvalue weighted by Crippen LogP contribution is 2.29. The van der Waals surface area contributed by atoms with Gasteiger partial charge in [-0.2, -0.15) is 5.10 Å². The Kier molecular flexibility index (Phi) is 5.22. The minimum Gasteiger partial charge on any atom is -0.457 e. The van der Waals surface area contributed by atoms with E-state index in [0.717, 1.165) is 36.2 Å². The van der Waals surface area contributed by atoms with E-state index < -0.39 is 0 Å². The molecule has 1 atom stereocenters. The van der Waals surface area contributed by atoms with Crippen molar-refractivity contribution >= 4 is 15.9 Å². The lowest BCUT2D eigenvalue weighted by Crippen LogP contribution is -2.25. The third-order valence-corrected chi connectivity index (χ3v) is 3.68. The predicted octanol–water partition coefficient (Wildman–Crippen LogP) is 3.74. The molecular formula is C14H20BrN3O. The molecule has 2 heterocycles. The largest absolute Gasteiger partial charge is 0.457 e. The van der Waals surface area contributed by atoms with Crippen molar-refractivity contribution in [3.63, 3.8) is 0 Å². The zero-order chi connectivity index (χ0) is 13.7. The summed E-state index contributed by atoms with van der Waals surface area (Å²) in [6, 6.07) is 4.19. The van der Waals surface area contributed by atoms with E-state index in [0.29, 0.717) is 0 Å². The quantitative estimate of drug-likeness (QED) is 0.843. The lowest BCUT2D eigenvalue weighted by molar-refractivity contribution is 0.495. The van der Waals surface area contributed by atoms with Gasteiger partial charge in [-0.05, 0) is 47.4 Å². The molecule has 1 unspecified atom stereocenters. The van der Waals surface area contributed by atoms with Crippen molar-refractivity contribution < 1.29 is 4.42 Å². The van der Waals surface area contributed by atoms with Crippen molar-refractivity contribution in [2.75, 3.05) is 6.54 Å². The van der Waals surface area contributed by atoms with Crippen LogP contribution in [0.5, 0.6) is 0 Å². The fraction of sp³-hybridized carbons (Fsp3) is 0.500. The van der Waals surface area contributed by atoms with Crippen molar-refractivity contribution in [1.82, 2.24) is 15.1 Å². The van der Waals surface area contributed by atoms with Crippen LogP contribution >= 0.6 is 15.9 Å². The Balaban J connectivity index is 2.31. The molecule has 5 heteroatoms. The van der Waals surface area contributed by atoms with Gasteiger partial charge in [0.15, 0.2) is 4.67 Å². The number of aryl methyl sites for hydroxylation is 1. The molecule has 0 spiro atoms. The molecule has 0 fully saturated rings. The summed E-state index contributed by atoms with van der Waals surface area (Å²) in [5, 5.41) is 7.97. The molecule has 0 aliphatic carbocycles. The standard InChI is InChI=1S/C14H20BrN3O/c1-3-7-16-13(11-6-10-19-14(11)15)12-5-8-17-18(12)9-4-2/h5-6,8,10,13,16H,3-4,7,9H2,1-2H3. The van der Waals surface area contributed by atoms with E-state index in [9.17, 15) is 0 Å². The van der Waals surface area contributed by atoms with E-state index in [4.69, 9.17) is 4.42 Å². The number of halogens is 1. The Morgan fingerprint density at radius 1 is 1.37 bits per heavy atom. The van der Waals surface area contributed by atoms with Gasteiger partial charge in [-0.1, -0.05) is 13.8 Å². The topological polar surface area (TPSA) is 43.0 Å². The van der Waals surface area contributed by atoms with Crippen LogP contribution in [0.15, 0.2) is 33.7 Å². The molecule has 0 aromatic carbocycles. The van der Waals surface area contributed by atoms with Gasteiger partial charge in [-0.3, -0.25) is 4.68 Å². The van der Waals surface area contributed by atoms with Crippen LogP contribution in [0.25, 0.3) is 0 Å². The number of nitrogens with zero attached hydrogens (tertiary/aromatic N) is 2. The molecular weight excluding hydrogens is 306 g/mol. The Morgan fingerprint density at radius 2 is 2.21 bits per heavy atom. The molecule has 2 aromatic rings. The Bertz CT molecular complexity index is 506. The van der Waals surface area contributed by atoms with Gasteiger partial charge in [0.05, 0.1) is 18.0 Å². The molecule has 0 aliphatic rings. The number of hydrogen-bond donors (Lipinski definition) is 1. The molecule has 104 valence electrons. The van der Waals surface area contributed by atoms with Gasteiger partial charge >= 0.3 is 0 Å². The zero-order valence-corrected chi connectivity index (χ0v) is 13.0. The summed E-state index contributed by atoms with van der Waals surface area (Å²) in [7, 11) is 0. The first-order valence-electron chi connectivity index (χ1n) is 6.75. The molecule has 0 saturated heterocycles. The van der Waals surface area contributed by atoms with Crippen LogP contribution in [0.3, 0.4) is 0 Å². The molecule has 0 radical (unpaired) electrons. The van der Waals surface area contributed by atoms with Crippen molar-refractivity contribution in [2.24, 2.45) is 0 Å². The average molecular weight is 326 g/mol. The predicted molar refractivity (Wildman–Crippen MR) is 79.1 cm³/mol. The summed E-state index contributed by atoms with van der Waals surface area (Å²) in [5.74, 6) is 0. The van der Waals surface area contributed by atoms with Crippen molar-refractivity contribution in [1.29, 1.82) is 0 Å². The molecule has 1 N–H and O–H groups in total. The number of aromatic nitrogens is 2. The first kappa shape index (κ1) is 14.3. The van der Waals surface area contributed by atoms with E-state index in [1.165, 1.54) is 5.69 Å². The highest BCUT2D eigenvalue weighted by Gasteiger charge is 2.21. The lowest BCUT2D eigenvalue weighted by atomic mass is 10.1. The summed E-state index contributed by atoms with van der Waals surface area (Å²) < 4.78 is 8.22. The van der Waals surface area contributed by atoms with Gasteiger partial charge in [0.1, 0.15) is 0 Å². The maximum atomic E-state index is 5.37. The molecule has 0 aliphatic heterocycles. The second kappa shape index (κ2) is 6.91. The van der Waals surface area contributed by atoms with Crippen LogP contribution in [0.4, 0.5) is 0 Å². The van der Waals surface area contributed by atoms with E-state index in [1.54, 1.807) is 6.26 Å². The molecule has 0 bridgehead atoms. The van der Waals surface area contributed by atoms with Crippen LogP contribution in [0.2, 0.25) is 0 Å². The van der Waals surface area contributed by atoms with E-state index in [-0.39, 0.29) is 6.04 Å². The molecule has 2 rings (SSSR count). The summed E-state index contributed by atoms with van der Waals surface area (Å²) in [6.07, 6.45) is 5.73. The van der Waals surface area contributed by atoms with Gasteiger partial charge in [0.2, 0.25) is 0 Å². The normalized spacial score (nSPS) is 12.8. The monoisotopic (exact) mass is 325 g/mol. The fourth-order valence-electron chi connectivity index (χ4n) is 2.16. The van der Waals surface area contributed by atoms with Crippen LogP contribution in [-0.4, -0.2) is 16.3 Å². The van der Waals surface area contributed by atoms with Crippen LogP contribution in [0.1, 0.15) is 44.0 Å². The molecule has 2 aromatic heterocycles. The molecule has 0 amide bonds. The van der Waals surface area contributed by atoms with Gasteiger partial charge in [-0.25, -0.2) is 0 Å². The summed E-state index contributed by atoms with van der Waals surface area (Å²) in [5.41, 5.74) is 2.30. The van der Waals surface area contributed by atoms with Crippen molar-refractivity contribution in [3.8, 4) is 0 Å². The second-order valence-corrected chi connectivity index (χ2v) is 5.24. The van der Waals surface area contributed by atoms with E-state index >= 15 is 0 Å². The maximum Gasteiger partial charge on any atom is 0.174 e. The highest BCUT2D eigenvalue weighted by molar-refractivity contribution is 9.10. The smallest absolute Gasteiger partial charge is 0.174 e.